The van der Waals surface area contributed by atoms with Gasteiger partial charge in [-0.1, -0.05) is 42.5 Å². The number of hydrogen-bond acceptors (Lipinski definition) is 2. The van der Waals surface area contributed by atoms with Gasteiger partial charge in [0.25, 0.3) is 0 Å². The van der Waals surface area contributed by atoms with Crippen molar-refractivity contribution in [2.24, 2.45) is 0 Å². The van der Waals surface area contributed by atoms with E-state index < -0.39 is 5.82 Å². The summed E-state index contributed by atoms with van der Waals surface area (Å²) in [6, 6.07) is 24.1. The van der Waals surface area contributed by atoms with Crippen LogP contribution in [0.1, 0.15) is 5.56 Å². The van der Waals surface area contributed by atoms with Crippen LogP contribution < -0.4 is 9.47 Å². The molecular formula is C19H14FO2. The first-order chi connectivity index (χ1) is 10.8. The Hall–Kier alpha value is -2.81. The van der Waals surface area contributed by atoms with Crippen molar-refractivity contribution in [3.63, 3.8) is 0 Å². The van der Waals surface area contributed by atoms with Crippen LogP contribution in [-0.2, 0) is 6.61 Å². The maximum Gasteiger partial charge on any atom is 0.168 e. The van der Waals surface area contributed by atoms with E-state index in [4.69, 9.17) is 9.47 Å². The second kappa shape index (κ2) is 6.76. The van der Waals surface area contributed by atoms with Crippen LogP contribution in [0, 0.1) is 11.9 Å². The van der Waals surface area contributed by atoms with Crippen LogP contribution in [0.15, 0.2) is 72.8 Å². The minimum Gasteiger partial charge on any atom is -0.486 e. The van der Waals surface area contributed by atoms with Crippen LogP contribution in [-0.4, -0.2) is 0 Å². The predicted molar refractivity (Wildman–Crippen MR) is 82.5 cm³/mol. The molecule has 22 heavy (non-hydrogen) atoms. The molecule has 0 fully saturated rings. The second-order valence-corrected chi connectivity index (χ2v) is 4.70. The van der Waals surface area contributed by atoms with Crippen molar-refractivity contribution < 1.29 is 13.9 Å². The lowest BCUT2D eigenvalue weighted by Crippen LogP contribution is -1.97. The van der Waals surface area contributed by atoms with Gasteiger partial charge >= 0.3 is 0 Å². The van der Waals surface area contributed by atoms with Crippen molar-refractivity contribution in [3.8, 4) is 17.2 Å². The second-order valence-electron chi connectivity index (χ2n) is 4.70. The number of halogens is 1. The topological polar surface area (TPSA) is 18.5 Å². The molecule has 0 bridgehead atoms. The molecule has 0 spiro atoms. The van der Waals surface area contributed by atoms with Crippen molar-refractivity contribution in [2.45, 2.75) is 6.61 Å². The maximum atomic E-state index is 14.0. The normalized spacial score (nSPS) is 10.2. The Bertz CT molecular complexity index is 727. The van der Waals surface area contributed by atoms with E-state index in [-0.39, 0.29) is 5.75 Å². The monoisotopic (exact) mass is 293 g/mol. The number of hydrogen-bond donors (Lipinski definition) is 0. The van der Waals surface area contributed by atoms with Crippen LogP contribution in [0.4, 0.5) is 4.39 Å². The third kappa shape index (κ3) is 3.64. The summed E-state index contributed by atoms with van der Waals surface area (Å²) >= 11 is 0. The zero-order valence-electron chi connectivity index (χ0n) is 11.8. The van der Waals surface area contributed by atoms with Crippen LogP contribution in [0.5, 0.6) is 17.2 Å². The van der Waals surface area contributed by atoms with Gasteiger partial charge in [0.2, 0.25) is 0 Å². The van der Waals surface area contributed by atoms with Gasteiger partial charge in [-0.2, -0.15) is 0 Å². The Balaban J connectivity index is 1.67. The summed E-state index contributed by atoms with van der Waals surface area (Å²) in [5.74, 6) is 0.820. The summed E-state index contributed by atoms with van der Waals surface area (Å²) in [6.07, 6.45) is 0. The molecular weight excluding hydrogens is 279 g/mol. The summed E-state index contributed by atoms with van der Waals surface area (Å²) in [4.78, 5) is 0. The number of ether oxygens (including phenoxy) is 2. The highest BCUT2D eigenvalue weighted by atomic mass is 19.1. The van der Waals surface area contributed by atoms with Gasteiger partial charge in [0.15, 0.2) is 11.6 Å². The molecule has 0 amide bonds. The molecule has 0 aromatic heterocycles. The number of rotatable bonds is 5. The smallest absolute Gasteiger partial charge is 0.168 e. The molecule has 0 N–H and O–H groups in total. The van der Waals surface area contributed by atoms with E-state index >= 15 is 0 Å². The van der Waals surface area contributed by atoms with E-state index in [0.29, 0.717) is 18.1 Å². The van der Waals surface area contributed by atoms with E-state index in [9.17, 15) is 4.39 Å². The average molecular weight is 293 g/mol. The fourth-order valence-corrected chi connectivity index (χ4v) is 1.97. The lowest BCUT2D eigenvalue weighted by molar-refractivity contribution is 0.289. The van der Waals surface area contributed by atoms with Gasteiger partial charge in [0, 0.05) is 6.07 Å². The van der Waals surface area contributed by atoms with Gasteiger partial charge in [0.1, 0.15) is 18.1 Å². The Morgan fingerprint density at radius 2 is 1.64 bits per heavy atom. The van der Waals surface area contributed by atoms with E-state index in [0.717, 1.165) is 5.56 Å². The quantitative estimate of drug-likeness (QED) is 0.659. The van der Waals surface area contributed by atoms with E-state index in [1.165, 1.54) is 6.07 Å². The molecule has 0 heterocycles. The van der Waals surface area contributed by atoms with Gasteiger partial charge in [0.05, 0.1) is 0 Å². The van der Waals surface area contributed by atoms with Gasteiger partial charge in [-0.25, -0.2) is 4.39 Å². The van der Waals surface area contributed by atoms with Gasteiger partial charge < -0.3 is 9.47 Å². The molecule has 0 saturated carbocycles. The molecule has 2 nitrogen and oxygen atoms in total. The highest BCUT2D eigenvalue weighted by molar-refractivity contribution is 5.36. The molecule has 3 aromatic rings. The molecule has 3 rings (SSSR count). The van der Waals surface area contributed by atoms with Gasteiger partial charge in [-0.3, -0.25) is 0 Å². The summed E-state index contributed by atoms with van der Waals surface area (Å²) < 4.78 is 25.1. The Kier molecular flexibility index (Phi) is 4.35. The fraction of sp³-hybridized carbons (Fsp3) is 0.0526. The molecule has 3 heteroatoms. The van der Waals surface area contributed by atoms with Crippen LogP contribution in [0.25, 0.3) is 0 Å². The highest BCUT2D eigenvalue weighted by Crippen LogP contribution is 2.27. The third-order valence-corrected chi connectivity index (χ3v) is 3.06. The zero-order valence-corrected chi connectivity index (χ0v) is 11.8. The minimum absolute atomic E-state index is 0.206. The SMILES string of the molecule is Fc1cc(Oc2cc[c]cc2)ccc1OCc1ccccc1. The molecule has 0 saturated heterocycles. The van der Waals surface area contributed by atoms with Crippen molar-refractivity contribution in [1.82, 2.24) is 0 Å². The van der Waals surface area contributed by atoms with Crippen molar-refractivity contribution in [3.05, 3.63) is 90.2 Å². The molecule has 0 aliphatic heterocycles. The maximum absolute atomic E-state index is 14.0. The van der Waals surface area contributed by atoms with Crippen LogP contribution in [0.2, 0.25) is 0 Å². The van der Waals surface area contributed by atoms with Crippen molar-refractivity contribution in [1.29, 1.82) is 0 Å². The molecule has 1 radical (unpaired) electrons. The highest BCUT2D eigenvalue weighted by Gasteiger charge is 2.06. The standard InChI is InChI=1S/C19H14FO2/c20-18-13-17(22-16-9-5-2-6-10-16)11-12-19(18)21-14-15-7-3-1-4-8-15/h1,3-13H,14H2. The van der Waals surface area contributed by atoms with E-state index in [1.807, 2.05) is 30.3 Å². The Morgan fingerprint density at radius 1 is 0.864 bits per heavy atom. The van der Waals surface area contributed by atoms with Crippen LogP contribution >= 0.6 is 0 Å². The van der Waals surface area contributed by atoms with E-state index in [1.54, 1.807) is 36.4 Å². The number of benzene rings is 3. The van der Waals surface area contributed by atoms with Crippen molar-refractivity contribution >= 4 is 0 Å². The Morgan fingerprint density at radius 3 is 2.36 bits per heavy atom. The average Bonchev–Trinajstić information content (AvgIpc) is 2.56. The summed E-state index contributed by atoms with van der Waals surface area (Å²) in [7, 11) is 0. The first-order valence-corrected chi connectivity index (χ1v) is 6.91. The minimum atomic E-state index is -0.448. The lowest BCUT2D eigenvalue weighted by Gasteiger charge is -2.10. The molecule has 0 atom stereocenters. The van der Waals surface area contributed by atoms with Gasteiger partial charge in [-0.15, -0.1) is 0 Å². The fourth-order valence-electron chi connectivity index (χ4n) is 1.97. The van der Waals surface area contributed by atoms with Gasteiger partial charge in [-0.05, 0) is 35.9 Å². The summed E-state index contributed by atoms with van der Waals surface area (Å²) in [6.45, 7) is 0.326. The Labute approximate surface area is 128 Å². The lowest BCUT2D eigenvalue weighted by atomic mass is 10.2. The van der Waals surface area contributed by atoms with Crippen molar-refractivity contribution in [2.75, 3.05) is 0 Å². The molecule has 3 aromatic carbocycles. The predicted octanol–water partition coefficient (Wildman–Crippen LogP) is 5.00. The summed E-state index contributed by atoms with van der Waals surface area (Å²) in [5.41, 5.74) is 0.989. The van der Waals surface area contributed by atoms with E-state index in [2.05, 4.69) is 6.07 Å². The van der Waals surface area contributed by atoms with Crippen LogP contribution in [0.3, 0.4) is 0 Å². The molecule has 0 aliphatic carbocycles. The first-order valence-electron chi connectivity index (χ1n) is 6.91. The summed E-state index contributed by atoms with van der Waals surface area (Å²) in [5, 5.41) is 0. The first kappa shape index (κ1) is 14.1. The molecule has 0 aliphatic rings. The third-order valence-electron chi connectivity index (χ3n) is 3.06. The largest absolute Gasteiger partial charge is 0.486 e. The molecule has 109 valence electrons. The molecule has 0 unspecified atom stereocenters. The zero-order chi connectivity index (χ0) is 15.2.